The average molecular weight is 385 g/mol. The van der Waals surface area contributed by atoms with E-state index in [9.17, 15) is 4.79 Å². The van der Waals surface area contributed by atoms with Gasteiger partial charge in [0.2, 0.25) is 0 Å². The van der Waals surface area contributed by atoms with Crippen molar-refractivity contribution in [3.05, 3.63) is 40.7 Å². The summed E-state index contributed by atoms with van der Waals surface area (Å²) in [6.07, 6.45) is 4.50. The Balaban J connectivity index is 1.52. The highest BCUT2D eigenvalue weighted by atomic mass is 32.2. The van der Waals surface area contributed by atoms with Gasteiger partial charge in [0.1, 0.15) is 11.6 Å². The fraction of sp³-hybridized carbons (Fsp3) is 0.474. The normalized spacial score (nSPS) is 14.2. The van der Waals surface area contributed by atoms with E-state index < -0.39 is 0 Å². The van der Waals surface area contributed by atoms with Gasteiger partial charge in [-0.3, -0.25) is 9.36 Å². The van der Waals surface area contributed by atoms with E-state index in [1.807, 2.05) is 37.5 Å². The van der Waals surface area contributed by atoms with Gasteiger partial charge >= 0.3 is 0 Å². The highest BCUT2D eigenvalue weighted by molar-refractivity contribution is 7.99. The summed E-state index contributed by atoms with van der Waals surface area (Å²) in [6.45, 7) is 6.71. The van der Waals surface area contributed by atoms with Crippen molar-refractivity contribution >= 4 is 17.5 Å². The van der Waals surface area contributed by atoms with Crippen LogP contribution in [0.2, 0.25) is 0 Å². The maximum absolute atomic E-state index is 12.9. The number of aryl methyl sites for hydroxylation is 3. The second-order valence-corrected chi connectivity index (χ2v) is 7.93. The zero-order valence-corrected chi connectivity index (χ0v) is 16.7. The van der Waals surface area contributed by atoms with E-state index in [4.69, 9.17) is 4.52 Å². The molecule has 7 nitrogen and oxygen atoms in total. The molecule has 8 heteroatoms. The van der Waals surface area contributed by atoms with Crippen molar-refractivity contribution in [2.75, 3.05) is 5.75 Å². The van der Waals surface area contributed by atoms with Gasteiger partial charge < -0.3 is 9.09 Å². The molecule has 0 unspecified atom stereocenters. The van der Waals surface area contributed by atoms with E-state index in [1.165, 1.54) is 18.2 Å². The van der Waals surface area contributed by atoms with E-state index in [0.29, 0.717) is 11.6 Å². The summed E-state index contributed by atoms with van der Waals surface area (Å²) in [4.78, 5) is 12.9. The second kappa shape index (κ2) is 7.34. The van der Waals surface area contributed by atoms with Crippen molar-refractivity contribution in [1.29, 1.82) is 0 Å². The van der Waals surface area contributed by atoms with Gasteiger partial charge in [-0.1, -0.05) is 23.3 Å². The molecular weight excluding hydrogens is 362 g/mol. The van der Waals surface area contributed by atoms with E-state index in [0.717, 1.165) is 59.5 Å². The van der Waals surface area contributed by atoms with Crippen LogP contribution in [0.3, 0.4) is 0 Å². The third kappa shape index (κ3) is 3.45. The summed E-state index contributed by atoms with van der Waals surface area (Å²) < 4.78 is 9.31. The summed E-state index contributed by atoms with van der Waals surface area (Å²) in [7, 11) is 0. The zero-order valence-electron chi connectivity index (χ0n) is 15.9. The fourth-order valence-electron chi connectivity index (χ4n) is 3.63. The highest BCUT2D eigenvalue weighted by Crippen LogP contribution is 2.25. The maximum atomic E-state index is 12.9. The van der Waals surface area contributed by atoms with E-state index in [2.05, 4.69) is 19.9 Å². The van der Waals surface area contributed by atoms with Crippen molar-refractivity contribution in [1.82, 2.24) is 24.5 Å². The van der Waals surface area contributed by atoms with Crippen LogP contribution < -0.4 is 0 Å². The second-order valence-electron chi connectivity index (χ2n) is 6.99. The van der Waals surface area contributed by atoms with Crippen LogP contribution in [0.5, 0.6) is 0 Å². The highest BCUT2D eigenvalue weighted by Gasteiger charge is 2.20. The smallest absolute Gasteiger partial charge is 0.191 e. The lowest BCUT2D eigenvalue weighted by Gasteiger charge is -2.07. The average Bonchev–Trinajstić information content (AvgIpc) is 3.25. The van der Waals surface area contributed by atoms with Crippen LogP contribution in [0.25, 0.3) is 5.82 Å². The first-order valence-corrected chi connectivity index (χ1v) is 10.2. The van der Waals surface area contributed by atoms with Crippen LogP contribution in [-0.2, 0) is 13.0 Å². The molecule has 0 atom stereocenters. The molecule has 0 saturated carbocycles. The van der Waals surface area contributed by atoms with Crippen molar-refractivity contribution in [3.8, 4) is 5.82 Å². The maximum Gasteiger partial charge on any atom is 0.191 e. The minimum atomic E-state index is 0.0885. The molecule has 0 radical (unpaired) electrons. The summed E-state index contributed by atoms with van der Waals surface area (Å²) in [5.74, 6) is 2.93. The molecule has 3 aromatic rings. The van der Waals surface area contributed by atoms with E-state index in [-0.39, 0.29) is 5.78 Å². The third-order valence-corrected chi connectivity index (χ3v) is 5.95. The van der Waals surface area contributed by atoms with Crippen LogP contribution in [0.1, 0.15) is 52.6 Å². The standard InChI is InChI=1S/C19H23N5O2S/c1-12-9-15(14(3)24(12)18-10-13(2)26-22-18)16(25)11-27-19-21-20-17-7-5-4-6-8-23(17)19/h9-10H,4-8,11H2,1-3H3. The number of ketones is 1. The van der Waals surface area contributed by atoms with Gasteiger partial charge in [0.05, 0.1) is 5.75 Å². The van der Waals surface area contributed by atoms with Gasteiger partial charge in [-0.25, -0.2) is 0 Å². The monoisotopic (exact) mass is 385 g/mol. The van der Waals surface area contributed by atoms with Gasteiger partial charge in [-0.2, -0.15) is 0 Å². The van der Waals surface area contributed by atoms with Gasteiger partial charge in [0, 0.05) is 36.0 Å². The van der Waals surface area contributed by atoms with Crippen LogP contribution in [0, 0.1) is 20.8 Å². The number of nitrogens with zero attached hydrogens (tertiary/aromatic N) is 5. The number of hydrogen-bond donors (Lipinski definition) is 0. The largest absolute Gasteiger partial charge is 0.360 e. The minimum Gasteiger partial charge on any atom is -0.360 e. The van der Waals surface area contributed by atoms with Crippen molar-refractivity contribution < 1.29 is 9.32 Å². The lowest BCUT2D eigenvalue weighted by Crippen LogP contribution is -2.07. The Morgan fingerprint density at radius 3 is 2.81 bits per heavy atom. The topological polar surface area (TPSA) is 78.7 Å². The first-order valence-electron chi connectivity index (χ1n) is 9.25. The van der Waals surface area contributed by atoms with E-state index >= 15 is 0 Å². The third-order valence-electron chi connectivity index (χ3n) is 4.98. The Morgan fingerprint density at radius 1 is 1.19 bits per heavy atom. The molecule has 142 valence electrons. The van der Waals surface area contributed by atoms with Crippen LogP contribution in [0.4, 0.5) is 0 Å². The molecule has 1 aliphatic heterocycles. The number of carbonyl (C=O) groups excluding carboxylic acids is 1. The summed E-state index contributed by atoms with van der Waals surface area (Å²) in [5, 5.41) is 13.5. The molecule has 0 aliphatic carbocycles. The first kappa shape index (κ1) is 18.0. The predicted octanol–water partition coefficient (Wildman–Crippen LogP) is 3.68. The Labute approximate surface area is 162 Å². The fourth-order valence-corrected chi connectivity index (χ4v) is 4.50. The number of Topliss-reactive ketones (excluding diaryl/α,β-unsaturated/α-hetero) is 1. The molecular formula is C19H23N5O2S. The Bertz CT molecular complexity index is 985. The van der Waals surface area contributed by atoms with Crippen molar-refractivity contribution in [3.63, 3.8) is 0 Å². The van der Waals surface area contributed by atoms with Crippen LogP contribution >= 0.6 is 11.8 Å². The Morgan fingerprint density at radius 2 is 2.04 bits per heavy atom. The SMILES string of the molecule is Cc1cc(-n2c(C)cc(C(=O)CSc3nnc4n3CCCCC4)c2C)no1. The molecule has 0 fully saturated rings. The molecule has 0 saturated heterocycles. The zero-order chi connectivity index (χ0) is 19.0. The molecule has 3 aromatic heterocycles. The Kier molecular flexibility index (Phi) is 4.90. The molecule has 0 spiro atoms. The van der Waals surface area contributed by atoms with Crippen molar-refractivity contribution in [2.24, 2.45) is 0 Å². The number of hydrogen-bond acceptors (Lipinski definition) is 6. The lowest BCUT2D eigenvalue weighted by molar-refractivity contribution is 0.102. The lowest BCUT2D eigenvalue weighted by atomic mass is 10.2. The molecule has 4 heterocycles. The number of fused-ring (bicyclic) bond motifs is 1. The quantitative estimate of drug-likeness (QED) is 0.492. The molecule has 0 bridgehead atoms. The van der Waals surface area contributed by atoms with E-state index in [1.54, 1.807) is 0 Å². The number of aromatic nitrogens is 5. The van der Waals surface area contributed by atoms with Gasteiger partial charge in [0.25, 0.3) is 0 Å². The summed E-state index contributed by atoms with van der Waals surface area (Å²) in [5.41, 5.74) is 2.56. The predicted molar refractivity (Wildman–Crippen MR) is 103 cm³/mol. The number of carbonyl (C=O) groups is 1. The minimum absolute atomic E-state index is 0.0885. The molecule has 4 rings (SSSR count). The van der Waals surface area contributed by atoms with Crippen LogP contribution in [-0.4, -0.2) is 36.0 Å². The molecule has 0 N–H and O–H groups in total. The molecule has 1 aliphatic rings. The number of rotatable bonds is 5. The molecule has 27 heavy (non-hydrogen) atoms. The Hall–Kier alpha value is -2.35. The number of thioether (sulfide) groups is 1. The van der Waals surface area contributed by atoms with Gasteiger partial charge in [-0.05, 0) is 39.7 Å². The van der Waals surface area contributed by atoms with Crippen LogP contribution in [0.15, 0.2) is 21.8 Å². The molecule has 0 aromatic carbocycles. The summed E-state index contributed by atoms with van der Waals surface area (Å²) >= 11 is 1.47. The molecule has 0 amide bonds. The van der Waals surface area contributed by atoms with Gasteiger partial charge in [-0.15, -0.1) is 10.2 Å². The van der Waals surface area contributed by atoms with Gasteiger partial charge in [0.15, 0.2) is 16.8 Å². The van der Waals surface area contributed by atoms with Crippen molar-refractivity contribution in [2.45, 2.75) is 58.2 Å². The first-order chi connectivity index (χ1) is 13.0. The summed E-state index contributed by atoms with van der Waals surface area (Å²) in [6, 6.07) is 3.79.